The van der Waals surface area contributed by atoms with Crippen molar-refractivity contribution in [1.29, 1.82) is 0 Å². The minimum atomic E-state index is -0.736. The molecule has 2 heterocycles. The molecule has 7 nitrogen and oxygen atoms in total. The van der Waals surface area contributed by atoms with E-state index in [0.29, 0.717) is 17.8 Å². The van der Waals surface area contributed by atoms with E-state index in [1.54, 1.807) is 54.0 Å². The smallest absolute Gasteiger partial charge is 0.355 e. The molecule has 154 valence electrons. The Bertz CT molecular complexity index is 1040. The molecule has 0 atom stereocenters. The molecule has 0 bridgehead atoms. The average Bonchev–Trinajstić information content (AvgIpc) is 3.20. The Morgan fingerprint density at radius 2 is 1.77 bits per heavy atom. The monoisotopic (exact) mass is 424 g/mol. The minimum absolute atomic E-state index is 0.0168. The predicted molar refractivity (Wildman–Crippen MR) is 114 cm³/mol. The number of hydrogen-bond acceptors (Lipinski definition) is 7. The Morgan fingerprint density at radius 3 is 2.47 bits per heavy atom. The lowest BCUT2D eigenvalue weighted by Crippen LogP contribution is -2.30. The summed E-state index contributed by atoms with van der Waals surface area (Å²) in [4.78, 5) is 40.3. The molecule has 3 rings (SSSR count). The summed E-state index contributed by atoms with van der Waals surface area (Å²) in [5, 5.41) is 4.82. The third-order valence-corrected chi connectivity index (χ3v) is 5.18. The van der Waals surface area contributed by atoms with Crippen molar-refractivity contribution < 1.29 is 23.9 Å². The van der Waals surface area contributed by atoms with Crippen LogP contribution in [0.5, 0.6) is 0 Å². The number of carbonyl (C=O) groups excluding carboxylic acids is 3. The molecule has 0 spiro atoms. The number of ether oxygens (including phenoxy) is 2. The first-order chi connectivity index (χ1) is 14.6. The summed E-state index contributed by atoms with van der Waals surface area (Å²) in [6, 6.07) is 10.7. The van der Waals surface area contributed by atoms with Gasteiger partial charge in [-0.1, -0.05) is 24.3 Å². The van der Waals surface area contributed by atoms with Crippen LogP contribution >= 0.6 is 11.3 Å². The van der Waals surface area contributed by atoms with Gasteiger partial charge in [0.15, 0.2) is 0 Å². The molecule has 8 heteroatoms. The van der Waals surface area contributed by atoms with Gasteiger partial charge in [0.2, 0.25) is 0 Å². The maximum Gasteiger partial charge on any atom is 0.355 e. The Labute approximate surface area is 177 Å². The van der Waals surface area contributed by atoms with Crippen molar-refractivity contribution in [2.45, 2.75) is 6.54 Å². The highest BCUT2D eigenvalue weighted by Gasteiger charge is 2.29. The fourth-order valence-electron chi connectivity index (χ4n) is 2.90. The van der Waals surface area contributed by atoms with E-state index in [-0.39, 0.29) is 17.2 Å². The molecule has 0 radical (unpaired) electrons. The van der Waals surface area contributed by atoms with Crippen LogP contribution in [0.1, 0.15) is 15.2 Å². The zero-order valence-electron chi connectivity index (χ0n) is 16.5. The molecule has 0 aliphatic carbocycles. The molecule has 0 saturated carbocycles. The molecular formula is C22H20N2O5S. The lowest BCUT2D eigenvalue weighted by atomic mass is 10.1. The average molecular weight is 424 g/mol. The molecule has 1 aliphatic rings. The molecular weight excluding hydrogens is 404 g/mol. The van der Waals surface area contributed by atoms with Gasteiger partial charge in [-0.15, -0.1) is 11.3 Å². The van der Waals surface area contributed by atoms with Crippen LogP contribution in [0, 0.1) is 0 Å². The van der Waals surface area contributed by atoms with Crippen molar-refractivity contribution in [2.24, 2.45) is 0 Å². The number of allylic oxidation sites excluding steroid dienone is 2. The maximum atomic E-state index is 12.9. The van der Waals surface area contributed by atoms with E-state index >= 15 is 0 Å². The van der Waals surface area contributed by atoms with E-state index < -0.39 is 11.9 Å². The quantitative estimate of drug-likeness (QED) is 0.717. The summed E-state index contributed by atoms with van der Waals surface area (Å²) in [7, 11) is 2.45. The number of nitrogens with one attached hydrogen (secondary N) is 1. The topological polar surface area (TPSA) is 84.9 Å². The second-order valence-electron chi connectivity index (χ2n) is 6.10. The summed E-state index contributed by atoms with van der Waals surface area (Å²) in [6.45, 7) is 0.384. The molecule has 30 heavy (non-hydrogen) atoms. The van der Waals surface area contributed by atoms with Crippen molar-refractivity contribution in [3.05, 3.63) is 87.9 Å². The predicted octanol–water partition coefficient (Wildman–Crippen LogP) is 3.17. The van der Waals surface area contributed by atoms with E-state index in [9.17, 15) is 14.4 Å². The highest BCUT2D eigenvalue weighted by atomic mass is 32.1. The number of para-hydroxylation sites is 1. The number of methoxy groups -OCH3 is 2. The number of benzene rings is 1. The van der Waals surface area contributed by atoms with Crippen molar-refractivity contribution in [2.75, 3.05) is 19.1 Å². The fourth-order valence-corrected chi connectivity index (χ4v) is 3.55. The SMILES string of the molecule is COC(=O)C1=C(C(=O)OC)N(c2ccccc2C(=O)NCc2cccs2)C=CC=C1. The Morgan fingerprint density at radius 1 is 1.00 bits per heavy atom. The number of amides is 1. The van der Waals surface area contributed by atoms with Gasteiger partial charge >= 0.3 is 11.9 Å². The lowest BCUT2D eigenvalue weighted by Gasteiger charge is -2.25. The van der Waals surface area contributed by atoms with Gasteiger partial charge in [-0.3, -0.25) is 4.79 Å². The van der Waals surface area contributed by atoms with Crippen molar-refractivity contribution in [1.82, 2.24) is 5.32 Å². The largest absolute Gasteiger partial charge is 0.465 e. The third-order valence-electron chi connectivity index (χ3n) is 4.30. The van der Waals surface area contributed by atoms with Crippen LogP contribution in [0.25, 0.3) is 0 Å². The first kappa shape index (κ1) is 21.1. The maximum absolute atomic E-state index is 12.9. The summed E-state index contributed by atoms with van der Waals surface area (Å²) in [6.07, 6.45) is 6.31. The zero-order valence-corrected chi connectivity index (χ0v) is 17.3. The van der Waals surface area contributed by atoms with E-state index in [0.717, 1.165) is 4.88 Å². The van der Waals surface area contributed by atoms with Crippen molar-refractivity contribution in [3.8, 4) is 0 Å². The third kappa shape index (κ3) is 4.49. The molecule has 1 amide bonds. The Balaban J connectivity index is 2.03. The highest BCUT2D eigenvalue weighted by molar-refractivity contribution is 7.09. The molecule has 0 fully saturated rings. The number of thiophene rings is 1. The van der Waals surface area contributed by atoms with E-state index in [2.05, 4.69) is 5.32 Å². The van der Waals surface area contributed by atoms with Crippen LogP contribution in [0.2, 0.25) is 0 Å². The van der Waals surface area contributed by atoms with Gasteiger partial charge in [0, 0.05) is 11.1 Å². The summed E-state index contributed by atoms with van der Waals surface area (Å²) in [5.74, 6) is -1.74. The van der Waals surface area contributed by atoms with Gasteiger partial charge in [0.25, 0.3) is 5.91 Å². The first-order valence-corrected chi connectivity index (χ1v) is 9.89. The molecule has 1 aliphatic heterocycles. The van der Waals surface area contributed by atoms with Crippen LogP contribution in [0.3, 0.4) is 0 Å². The van der Waals surface area contributed by atoms with Crippen molar-refractivity contribution >= 4 is 34.9 Å². The molecule has 1 aromatic carbocycles. The standard InChI is InChI=1S/C22H20N2O5S/c1-28-21(26)17-10-5-6-12-24(19(17)22(27)29-2)18-11-4-3-9-16(18)20(25)23-14-15-8-7-13-30-15/h3-13H,14H2,1-2H3,(H,23,25). The number of carbonyl (C=O) groups is 3. The van der Waals surface area contributed by atoms with Gasteiger partial charge in [-0.25, -0.2) is 9.59 Å². The molecule has 1 N–H and O–H groups in total. The van der Waals surface area contributed by atoms with Crippen LogP contribution in [0.15, 0.2) is 77.5 Å². The van der Waals surface area contributed by atoms with Crippen LogP contribution in [0.4, 0.5) is 5.69 Å². The number of esters is 2. The van der Waals surface area contributed by atoms with Crippen LogP contribution in [-0.4, -0.2) is 32.1 Å². The van der Waals surface area contributed by atoms with E-state index in [1.807, 2.05) is 17.5 Å². The summed E-state index contributed by atoms with van der Waals surface area (Å²) >= 11 is 1.54. The molecule has 0 unspecified atom stereocenters. The Kier molecular flexibility index (Phi) is 6.82. The highest BCUT2D eigenvalue weighted by Crippen LogP contribution is 2.29. The van der Waals surface area contributed by atoms with Gasteiger partial charge in [0.1, 0.15) is 5.70 Å². The molecule has 1 aromatic heterocycles. The number of rotatable bonds is 6. The van der Waals surface area contributed by atoms with E-state index in [1.165, 1.54) is 25.2 Å². The first-order valence-electron chi connectivity index (χ1n) is 9.01. The lowest BCUT2D eigenvalue weighted by molar-refractivity contribution is -0.139. The van der Waals surface area contributed by atoms with Crippen molar-refractivity contribution in [3.63, 3.8) is 0 Å². The number of anilines is 1. The second-order valence-corrected chi connectivity index (χ2v) is 7.13. The number of hydrogen-bond donors (Lipinski definition) is 1. The van der Waals surface area contributed by atoms with E-state index in [4.69, 9.17) is 9.47 Å². The molecule has 2 aromatic rings. The van der Waals surface area contributed by atoms with Gasteiger partial charge in [0.05, 0.1) is 37.6 Å². The van der Waals surface area contributed by atoms with Crippen LogP contribution < -0.4 is 10.2 Å². The fraction of sp³-hybridized carbons (Fsp3) is 0.136. The summed E-state index contributed by atoms with van der Waals surface area (Å²) < 4.78 is 9.73. The van der Waals surface area contributed by atoms with Gasteiger partial charge < -0.3 is 19.7 Å². The zero-order chi connectivity index (χ0) is 21.5. The second kappa shape index (κ2) is 9.71. The van der Waals surface area contributed by atoms with Crippen LogP contribution in [-0.2, 0) is 25.6 Å². The van der Waals surface area contributed by atoms with Gasteiger partial charge in [-0.05, 0) is 35.7 Å². The minimum Gasteiger partial charge on any atom is -0.465 e. The normalized spacial score (nSPS) is 13.1. The summed E-state index contributed by atoms with van der Waals surface area (Å²) in [5.41, 5.74) is 0.727. The molecule has 0 saturated heterocycles. The van der Waals surface area contributed by atoms with Gasteiger partial charge in [-0.2, -0.15) is 0 Å². The Hall–Kier alpha value is -3.65. The number of nitrogens with zero attached hydrogens (tertiary/aromatic N) is 1.